The number of hydrogen-bond acceptors (Lipinski definition) is 3. The number of halogens is 2. The Morgan fingerprint density at radius 2 is 2.15 bits per heavy atom. The Kier molecular flexibility index (Phi) is 3.01. The van der Waals surface area contributed by atoms with E-state index in [0.29, 0.717) is 6.29 Å². The molecule has 1 rings (SSSR count). The molecular weight excluding hydrogens is 215 g/mol. The smallest absolute Gasteiger partial charge is 0.181 e. The summed E-state index contributed by atoms with van der Waals surface area (Å²) >= 11 is 11.3. The van der Waals surface area contributed by atoms with Gasteiger partial charge in [0.15, 0.2) is 17.8 Å². The molecule has 3 nitrogen and oxygen atoms in total. The number of carbonyl (C=O) groups is 1. The van der Waals surface area contributed by atoms with Gasteiger partial charge in [-0.25, -0.2) is 0 Å². The highest BCUT2D eigenvalue weighted by atomic mass is 35.5. The summed E-state index contributed by atoms with van der Waals surface area (Å²) < 4.78 is 4.77. The van der Waals surface area contributed by atoms with Crippen LogP contribution in [0.2, 0.25) is 10.0 Å². The highest BCUT2D eigenvalue weighted by molar-refractivity contribution is 6.37. The van der Waals surface area contributed by atoms with Gasteiger partial charge >= 0.3 is 0 Å². The topological polar surface area (TPSA) is 46.5 Å². The Hall–Kier alpha value is -0.930. The van der Waals surface area contributed by atoms with E-state index < -0.39 is 0 Å². The van der Waals surface area contributed by atoms with E-state index >= 15 is 0 Å². The molecule has 0 aliphatic rings. The van der Waals surface area contributed by atoms with Crippen LogP contribution in [0.15, 0.2) is 6.07 Å². The third kappa shape index (κ3) is 1.71. The molecule has 70 valence electrons. The summed E-state index contributed by atoms with van der Waals surface area (Å²) in [5.74, 6) is -0.254. The summed E-state index contributed by atoms with van der Waals surface area (Å²) in [6.07, 6.45) is 0.538. The number of phenols is 1. The predicted molar refractivity (Wildman–Crippen MR) is 50.1 cm³/mol. The van der Waals surface area contributed by atoms with Crippen molar-refractivity contribution in [3.05, 3.63) is 21.7 Å². The number of rotatable bonds is 2. The van der Waals surface area contributed by atoms with E-state index in [0.717, 1.165) is 0 Å². The van der Waals surface area contributed by atoms with Crippen molar-refractivity contribution in [2.75, 3.05) is 7.11 Å². The highest BCUT2D eigenvalue weighted by Gasteiger charge is 2.15. The standard InChI is InChI=1S/C8H6Cl2O3/c1-13-8-6(10)4(3-11)2-5(9)7(8)12/h2-3,12H,1H3. The van der Waals surface area contributed by atoms with Crippen molar-refractivity contribution in [3.63, 3.8) is 0 Å². The minimum Gasteiger partial charge on any atom is -0.503 e. The lowest BCUT2D eigenvalue weighted by Crippen LogP contribution is -1.90. The summed E-state index contributed by atoms with van der Waals surface area (Å²) in [5.41, 5.74) is 0.182. The Bertz CT molecular complexity index is 350. The Balaban J connectivity index is 3.47. The van der Waals surface area contributed by atoms with Gasteiger partial charge in [-0.15, -0.1) is 0 Å². The van der Waals surface area contributed by atoms with Crippen molar-refractivity contribution < 1.29 is 14.6 Å². The molecule has 1 N–H and O–H groups in total. The van der Waals surface area contributed by atoms with E-state index in [4.69, 9.17) is 27.9 Å². The summed E-state index contributed by atoms with van der Waals surface area (Å²) in [4.78, 5) is 10.5. The first-order chi connectivity index (χ1) is 6.11. The van der Waals surface area contributed by atoms with Gasteiger partial charge in [-0.05, 0) is 6.07 Å². The molecule has 0 heterocycles. The molecule has 0 bridgehead atoms. The number of benzene rings is 1. The molecule has 0 radical (unpaired) electrons. The van der Waals surface area contributed by atoms with Gasteiger partial charge in [0.05, 0.1) is 17.2 Å². The van der Waals surface area contributed by atoms with Crippen molar-refractivity contribution in [1.82, 2.24) is 0 Å². The van der Waals surface area contributed by atoms with Crippen molar-refractivity contribution in [2.24, 2.45) is 0 Å². The van der Waals surface area contributed by atoms with Crippen LogP contribution in [0.5, 0.6) is 11.5 Å². The number of carbonyl (C=O) groups excluding carboxylic acids is 1. The van der Waals surface area contributed by atoms with Gasteiger partial charge in [-0.2, -0.15) is 0 Å². The van der Waals surface area contributed by atoms with Crippen LogP contribution in [-0.2, 0) is 0 Å². The van der Waals surface area contributed by atoms with E-state index in [1.54, 1.807) is 0 Å². The van der Waals surface area contributed by atoms with Crippen LogP contribution in [0.25, 0.3) is 0 Å². The van der Waals surface area contributed by atoms with Crippen molar-refractivity contribution in [3.8, 4) is 11.5 Å². The van der Waals surface area contributed by atoms with Crippen molar-refractivity contribution in [1.29, 1.82) is 0 Å². The molecule has 1 aromatic carbocycles. The van der Waals surface area contributed by atoms with Crippen molar-refractivity contribution >= 4 is 29.5 Å². The van der Waals surface area contributed by atoms with Gasteiger partial charge in [0.2, 0.25) is 0 Å². The molecule has 0 aliphatic carbocycles. The van der Waals surface area contributed by atoms with Crippen LogP contribution in [0.4, 0.5) is 0 Å². The zero-order valence-corrected chi connectivity index (χ0v) is 8.19. The monoisotopic (exact) mass is 220 g/mol. The first-order valence-corrected chi connectivity index (χ1v) is 4.07. The fourth-order valence-corrected chi connectivity index (χ4v) is 1.35. The van der Waals surface area contributed by atoms with Crippen molar-refractivity contribution in [2.45, 2.75) is 0 Å². The summed E-state index contributed by atoms with van der Waals surface area (Å²) in [6.45, 7) is 0. The molecule has 0 aromatic heterocycles. The molecule has 5 heteroatoms. The lowest BCUT2D eigenvalue weighted by atomic mass is 10.2. The number of aromatic hydroxyl groups is 1. The van der Waals surface area contributed by atoms with E-state index in [9.17, 15) is 9.90 Å². The zero-order chi connectivity index (χ0) is 10.0. The average Bonchev–Trinajstić information content (AvgIpc) is 2.12. The van der Waals surface area contributed by atoms with Crippen LogP contribution >= 0.6 is 23.2 Å². The quantitative estimate of drug-likeness (QED) is 0.780. The lowest BCUT2D eigenvalue weighted by molar-refractivity contribution is 0.112. The predicted octanol–water partition coefficient (Wildman–Crippen LogP) is 2.52. The summed E-state index contributed by atoms with van der Waals surface area (Å²) in [5, 5.41) is 9.43. The minimum absolute atomic E-state index is 0.0104. The second kappa shape index (κ2) is 3.85. The summed E-state index contributed by atoms with van der Waals surface area (Å²) in [6, 6.07) is 1.27. The maximum atomic E-state index is 10.5. The van der Waals surface area contributed by atoms with Crippen LogP contribution in [-0.4, -0.2) is 18.5 Å². The zero-order valence-electron chi connectivity index (χ0n) is 6.67. The van der Waals surface area contributed by atoms with Gasteiger partial charge < -0.3 is 9.84 Å². The average molecular weight is 221 g/mol. The third-order valence-electron chi connectivity index (χ3n) is 1.51. The summed E-state index contributed by atoms with van der Waals surface area (Å²) in [7, 11) is 1.33. The lowest BCUT2D eigenvalue weighted by Gasteiger charge is -2.08. The van der Waals surface area contributed by atoms with E-state index in [2.05, 4.69) is 0 Å². The fourth-order valence-electron chi connectivity index (χ4n) is 0.884. The molecule has 13 heavy (non-hydrogen) atoms. The minimum atomic E-state index is -0.264. The molecule has 0 fully saturated rings. The van der Waals surface area contributed by atoms with E-state index in [1.807, 2.05) is 0 Å². The van der Waals surface area contributed by atoms with Crippen LogP contribution in [0, 0.1) is 0 Å². The van der Waals surface area contributed by atoms with Gasteiger partial charge in [-0.3, -0.25) is 4.79 Å². The third-order valence-corrected chi connectivity index (χ3v) is 2.19. The highest BCUT2D eigenvalue weighted by Crippen LogP contribution is 2.41. The maximum Gasteiger partial charge on any atom is 0.181 e. The molecule has 0 saturated heterocycles. The Labute approximate surface area is 84.8 Å². The van der Waals surface area contributed by atoms with Gasteiger partial charge in [-0.1, -0.05) is 23.2 Å². The number of methoxy groups -OCH3 is 1. The molecule has 0 saturated carbocycles. The molecule has 0 aliphatic heterocycles. The molecule has 0 spiro atoms. The molecule has 1 aromatic rings. The molecule has 0 amide bonds. The fraction of sp³-hybridized carbons (Fsp3) is 0.125. The van der Waals surface area contributed by atoms with Crippen LogP contribution in [0.1, 0.15) is 10.4 Å². The number of ether oxygens (including phenoxy) is 1. The molecule has 0 unspecified atom stereocenters. The number of phenolic OH excluding ortho intramolecular Hbond substituents is 1. The van der Waals surface area contributed by atoms with E-state index in [1.165, 1.54) is 13.2 Å². The van der Waals surface area contributed by atoms with E-state index in [-0.39, 0.29) is 27.1 Å². The number of hydrogen-bond donors (Lipinski definition) is 1. The van der Waals surface area contributed by atoms with Gasteiger partial charge in [0, 0.05) is 5.56 Å². The van der Waals surface area contributed by atoms with Crippen LogP contribution < -0.4 is 4.74 Å². The molecular formula is C8H6Cl2O3. The SMILES string of the molecule is COc1c(O)c(Cl)cc(C=O)c1Cl. The maximum absolute atomic E-state index is 10.5. The Morgan fingerprint density at radius 3 is 2.62 bits per heavy atom. The molecule has 0 atom stereocenters. The second-order valence-electron chi connectivity index (χ2n) is 2.26. The number of aldehydes is 1. The Morgan fingerprint density at radius 1 is 1.54 bits per heavy atom. The second-order valence-corrected chi connectivity index (χ2v) is 3.05. The normalized spacial score (nSPS) is 9.77. The van der Waals surface area contributed by atoms with Crippen LogP contribution in [0.3, 0.4) is 0 Å². The largest absolute Gasteiger partial charge is 0.503 e. The van der Waals surface area contributed by atoms with Gasteiger partial charge in [0.1, 0.15) is 0 Å². The van der Waals surface area contributed by atoms with Gasteiger partial charge in [0.25, 0.3) is 0 Å². The first kappa shape index (κ1) is 10.2. The first-order valence-electron chi connectivity index (χ1n) is 3.32.